The fourth-order valence-electron chi connectivity index (χ4n) is 3.55. The molecule has 0 unspecified atom stereocenters. The highest BCUT2D eigenvalue weighted by molar-refractivity contribution is 8.00. The Morgan fingerprint density at radius 3 is 2.36 bits per heavy atom. The van der Waals surface area contributed by atoms with Gasteiger partial charge in [-0.05, 0) is 37.1 Å². The standard InChI is InChI=1S/C20H22N4O3S/c1-23-17-15(19(25)24(2)20(23)26)18(28-14-6-4-5-7-14)22-16(21-17)12-8-10-13(27-3)11-9-12/h8-11,14H,4-7H2,1-3H3. The van der Waals surface area contributed by atoms with Crippen LogP contribution in [0.2, 0.25) is 0 Å². The lowest BCUT2D eigenvalue weighted by atomic mass is 10.2. The first-order valence-corrected chi connectivity index (χ1v) is 10.2. The van der Waals surface area contributed by atoms with Gasteiger partial charge in [-0.25, -0.2) is 14.8 Å². The van der Waals surface area contributed by atoms with E-state index in [4.69, 9.17) is 9.72 Å². The fourth-order valence-corrected chi connectivity index (χ4v) is 4.87. The molecule has 146 valence electrons. The van der Waals surface area contributed by atoms with E-state index in [9.17, 15) is 9.59 Å². The van der Waals surface area contributed by atoms with Crippen LogP contribution in [0.1, 0.15) is 25.7 Å². The van der Waals surface area contributed by atoms with Gasteiger partial charge < -0.3 is 4.74 Å². The molecule has 0 spiro atoms. The molecular formula is C20H22N4O3S. The number of aromatic nitrogens is 4. The van der Waals surface area contributed by atoms with Crippen LogP contribution in [0.5, 0.6) is 5.75 Å². The van der Waals surface area contributed by atoms with E-state index in [1.165, 1.54) is 24.5 Å². The summed E-state index contributed by atoms with van der Waals surface area (Å²) in [6.45, 7) is 0. The summed E-state index contributed by atoms with van der Waals surface area (Å²) >= 11 is 1.63. The minimum atomic E-state index is -0.395. The molecule has 0 N–H and O–H groups in total. The molecule has 28 heavy (non-hydrogen) atoms. The van der Waals surface area contributed by atoms with Crippen molar-refractivity contribution in [1.29, 1.82) is 0 Å². The Bertz CT molecular complexity index is 1150. The van der Waals surface area contributed by atoms with E-state index in [2.05, 4.69) is 4.98 Å². The van der Waals surface area contributed by atoms with Gasteiger partial charge >= 0.3 is 5.69 Å². The first-order chi connectivity index (χ1) is 13.5. The number of rotatable bonds is 4. The fraction of sp³-hybridized carbons (Fsp3) is 0.400. The number of benzene rings is 1. The van der Waals surface area contributed by atoms with Gasteiger partial charge in [0.25, 0.3) is 5.56 Å². The van der Waals surface area contributed by atoms with Crippen molar-refractivity contribution in [2.24, 2.45) is 14.1 Å². The Morgan fingerprint density at radius 2 is 1.71 bits per heavy atom. The summed E-state index contributed by atoms with van der Waals surface area (Å²) in [7, 11) is 4.74. The van der Waals surface area contributed by atoms with E-state index in [0.717, 1.165) is 28.7 Å². The van der Waals surface area contributed by atoms with Crippen molar-refractivity contribution in [2.75, 3.05) is 7.11 Å². The third kappa shape index (κ3) is 3.22. The van der Waals surface area contributed by atoms with Crippen LogP contribution in [0.15, 0.2) is 38.9 Å². The molecule has 1 aliphatic rings. The van der Waals surface area contributed by atoms with Gasteiger partial charge in [-0.2, -0.15) is 0 Å². The van der Waals surface area contributed by atoms with E-state index >= 15 is 0 Å². The van der Waals surface area contributed by atoms with Crippen LogP contribution in [0, 0.1) is 0 Å². The molecule has 8 heteroatoms. The molecule has 1 aromatic carbocycles. The minimum absolute atomic E-state index is 0.347. The third-order valence-corrected chi connectivity index (χ3v) is 6.52. The summed E-state index contributed by atoms with van der Waals surface area (Å²) in [4.78, 5) is 34.6. The summed E-state index contributed by atoms with van der Waals surface area (Å²) in [6.07, 6.45) is 4.62. The maximum atomic E-state index is 12.9. The number of fused-ring (bicyclic) bond motifs is 1. The average molecular weight is 398 g/mol. The predicted octanol–water partition coefficient (Wildman–Crippen LogP) is 2.74. The number of aryl methyl sites for hydroxylation is 1. The molecule has 2 heterocycles. The second kappa shape index (κ2) is 7.43. The van der Waals surface area contributed by atoms with Gasteiger partial charge in [0.05, 0.1) is 7.11 Å². The van der Waals surface area contributed by atoms with Crippen LogP contribution in [0.4, 0.5) is 0 Å². The zero-order valence-electron chi connectivity index (χ0n) is 16.1. The second-order valence-electron chi connectivity index (χ2n) is 7.01. The second-order valence-corrected chi connectivity index (χ2v) is 8.30. The first-order valence-electron chi connectivity index (χ1n) is 9.28. The van der Waals surface area contributed by atoms with Crippen molar-refractivity contribution < 1.29 is 4.74 Å². The highest BCUT2D eigenvalue weighted by Crippen LogP contribution is 2.36. The molecule has 1 fully saturated rings. The number of hydrogen-bond donors (Lipinski definition) is 0. The van der Waals surface area contributed by atoms with E-state index in [1.54, 1.807) is 25.9 Å². The Labute approximate surface area is 166 Å². The van der Waals surface area contributed by atoms with E-state index < -0.39 is 5.69 Å². The summed E-state index contributed by atoms with van der Waals surface area (Å²) < 4.78 is 7.76. The SMILES string of the molecule is COc1ccc(-c2nc(SC3CCCC3)c3c(=O)n(C)c(=O)n(C)c3n2)cc1. The van der Waals surface area contributed by atoms with Gasteiger partial charge in [0.2, 0.25) is 0 Å². The van der Waals surface area contributed by atoms with Crippen molar-refractivity contribution in [3.63, 3.8) is 0 Å². The van der Waals surface area contributed by atoms with Crippen LogP contribution in [-0.2, 0) is 14.1 Å². The van der Waals surface area contributed by atoms with Crippen molar-refractivity contribution in [1.82, 2.24) is 19.1 Å². The van der Waals surface area contributed by atoms with Crippen molar-refractivity contribution >= 4 is 22.8 Å². The molecule has 1 saturated carbocycles. The molecule has 0 amide bonds. The quantitative estimate of drug-likeness (QED) is 0.629. The highest BCUT2D eigenvalue weighted by Gasteiger charge is 2.23. The van der Waals surface area contributed by atoms with Crippen LogP contribution in [0.3, 0.4) is 0 Å². The lowest BCUT2D eigenvalue weighted by Crippen LogP contribution is -2.37. The summed E-state index contributed by atoms with van der Waals surface area (Å²) in [6, 6.07) is 7.44. The lowest BCUT2D eigenvalue weighted by molar-refractivity contribution is 0.415. The zero-order chi connectivity index (χ0) is 19.8. The number of methoxy groups -OCH3 is 1. The maximum absolute atomic E-state index is 12.9. The molecule has 4 rings (SSSR count). The maximum Gasteiger partial charge on any atom is 0.332 e. The Hall–Kier alpha value is -2.61. The van der Waals surface area contributed by atoms with Gasteiger partial charge in [0.15, 0.2) is 11.5 Å². The van der Waals surface area contributed by atoms with Gasteiger partial charge in [0, 0.05) is 24.9 Å². The molecule has 2 aromatic heterocycles. The molecular weight excluding hydrogens is 376 g/mol. The molecule has 3 aromatic rings. The molecule has 0 bridgehead atoms. The topological polar surface area (TPSA) is 79.0 Å². The van der Waals surface area contributed by atoms with Crippen LogP contribution < -0.4 is 16.0 Å². The van der Waals surface area contributed by atoms with Crippen molar-refractivity contribution in [3.8, 4) is 17.1 Å². The molecule has 7 nitrogen and oxygen atoms in total. The summed E-state index contributed by atoms with van der Waals surface area (Å²) in [5.74, 6) is 1.24. The van der Waals surface area contributed by atoms with Gasteiger partial charge in [-0.3, -0.25) is 13.9 Å². The normalized spacial score (nSPS) is 14.7. The molecule has 0 aliphatic heterocycles. The average Bonchev–Trinajstić information content (AvgIpc) is 3.23. The lowest BCUT2D eigenvalue weighted by Gasteiger charge is -2.14. The number of hydrogen-bond acceptors (Lipinski definition) is 6. The van der Waals surface area contributed by atoms with Gasteiger partial charge in [-0.1, -0.05) is 12.8 Å². The smallest absolute Gasteiger partial charge is 0.332 e. The predicted molar refractivity (Wildman–Crippen MR) is 110 cm³/mol. The van der Waals surface area contributed by atoms with E-state index in [1.807, 2.05) is 24.3 Å². The Kier molecular flexibility index (Phi) is 4.97. The molecule has 0 atom stereocenters. The molecule has 0 saturated heterocycles. The van der Waals surface area contributed by atoms with Gasteiger partial charge in [0.1, 0.15) is 16.2 Å². The third-order valence-electron chi connectivity index (χ3n) is 5.20. The molecule has 0 radical (unpaired) electrons. The van der Waals surface area contributed by atoms with Crippen LogP contribution in [0.25, 0.3) is 22.4 Å². The molecule has 1 aliphatic carbocycles. The van der Waals surface area contributed by atoms with Crippen LogP contribution >= 0.6 is 11.8 Å². The monoisotopic (exact) mass is 398 g/mol. The van der Waals surface area contributed by atoms with Crippen LogP contribution in [-0.4, -0.2) is 31.5 Å². The zero-order valence-corrected chi connectivity index (χ0v) is 17.0. The summed E-state index contributed by atoms with van der Waals surface area (Å²) in [5, 5.41) is 1.50. The summed E-state index contributed by atoms with van der Waals surface area (Å²) in [5.41, 5.74) is 0.437. The van der Waals surface area contributed by atoms with E-state index in [-0.39, 0.29) is 5.56 Å². The van der Waals surface area contributed by atoms with E-state index in [0.29, 0.717) is 27.1 Å². The van der Waals surface area contributed by atoms with Crippen molar-refractivity contribution in [2.45, 2.75) is 36.0 Å². The highest BCUT2D eigenvalue weighted by atomic mass is 32.2. The minimum Gasteiger partial charge on any atom is -0.497 e. The number of thioether (sulfide) groups is 1. The largest absolute Gasteiger partial charge is 0.497 e. The number of nitrogens with zero attached hydrogens (tertiary/aromatic N) is 4. The Balaban J connectivity index is 1.96. The number of ether oxygens (including phenoxy) is 1. The first kappa shape index (κ1) is 18.7. The van der Waals surface area contributed by atoms with Crippen molar-refractivity contribution in [3.05, 3.63) is 45.1 Å². The Morgan fingerprint density at radius 1 is 1.04 bits per heavy atom. The van der Waals surface area contributed by atoms with Gasteiger partial charge in [-0.15, -0.1) is 11.8 Å².